The van der Waals surface area contributed by atoms with Gasteiger partial charge < -0.3 is 25.0 Å². The van der Waals surface area contributed by atoms with Crippen molar-refractivity contribution in [1.82, 2.24) is 15.5 Å². The van der Waals surface area contributed by atoms with E-state index in [1.165, 1.54) is 12.8 Å². The van der Waals surface area contributed by atoms with Crippen molar-refractivity contribution in [1.29, 1.82) is 0 Å². The van der Waals surface area contributed by atoms with E-state index in [-0.39, 0.29) is 36.1 Å². The maximum Gasteiger partial charge on any atom is 0.407 e. The topological polar surface area (TPSA) is 75.2 Å². The van der Waals surface area contributed by atoms with Crippen molar-refractivity contribution in [3.63, 3.8) is 0 Å². The van der Waals surface area contributed by atoms with Crippen molar-refractivity contribution >= 4 is 36.0 Å². The fraction of sp³-hybridized carbons (Fsp3) is 0.889. The molecule has 26 heavy (non-hydrogen) atoms. The van der Waals surface area contributed by atoms with Gasteiger partial charge in [-0.15, -0.1) is 24.0 Å². The van der Waals surface area contributed by atoms with Gasteiger partial charge in [-0.05, 0) is 52.4 Å². The molecular formula is C18H35IN4O3. The lowest BCUT2D eigenvalue weighted by atomic mass is 10.2. The fourth-order valence-electron chi connectivity index (χ4n) is 2.79. The minimum atomic E-state index is -0.471. The van der Waals surface area contributed by atoms with Crippen LogP contribution in [0.3, 0.4) is 0 Å². The number of ether oxygens (including phenoxy) is 2. The molecule has 0 aromatic carbocycles. The van der Waals surface area contributed by atoms with E-state index in [4.69, 9.17) is 9.47 Å². The summed E-state index contributed by atoms with van der Waals surface area (Å²) < 4.78 is 11.0. The normalized spacial score (nSPS) is 20.5. The number of aliphatic imine (C=N–C) groups is 1. The minimum absolute atomic E-state index is 0. The average molecular weight is 482 g/mol. The molecule has 0 spiro atoms. The average Bonchev–Trinajstić information content (AvgIpc) is 3.23. The van der Waals surface area contributed by atoms with Crippen LogP contribution in [0.4, 0.5) is 4.79 Å². The molecule has 1 atom stereocenters. The predicted octanol–water partition coefficient (Wildman–Crippen LogP) is 2.60. The number of amides is 1. The van der Waals surface area contributed by atoms with E-state index in [1.807, 2.05) is 20.8 Å². The van der Waals surface area contributed by atoms with E-state index in [2.05, 4.69) is 20.5 Å². The van der Waals surface area contributed by atoms with Crippen LogP contribution < -0.4 is 10.6 Å². The molecule has 1 saturated carbocycles. The third-order valence-electron chi connectivity index (χ3n) is 4.22. The predicted molar refractivity (Wildman–Crippen MR) is 114 cm³/mol. The number of likely N-dealkylation sites (tertiary alicyclic amines) is 1. The Labute approximate surface area is 174 Å². The number of guanidine groups is 1. The molecule has 1 unspecified atom stereocenters. The molecule has 2 fully saturated rings. The van der Waals surface area contributed by atoms with Gasteiger partial charge in [-0.25, -0.2) is 4.79 Å². The summed E-state index contributed by atoms with van der Waals surface area (Å²) in [4.78, 5) is 18.4. The number of carbonyl (C=O) groups is 1. The van der Waals surface area contributed by atoms with Crippen LogP contribution in [0.5, 0.6) is 0 Å². The monoisotopic (exact) mass is 482 g/mol. The molecule has 152 valence electrons. The van der Waals surface area contributed by atoms with Gasteiger partial charge in [0.1, 0.15) is 5.60 Å². The SMILES string of the molecule is CN=C(NCCCOCC1CC1)N1CCC(NC(=O)OC(C)(C)C)C1.I. The highest BCUT2D eigenvalue weighted by Crippen LogP contribution is 2.28. The number of hydrogen-bond acceptors (Lipinski definition) is 4. The van der Waals surface area contributed by atoms with Crippen molar-refractivity contribution in [2.75, 3.05) is 39.9 Å². The van der Waals surface area contributed by atoms with Gasteiger partial charge in [0, 0.05) is 39.9 Å². The number of rotatable bonds is 7. The lowest BCUT2D eigenvalue weighted by Gasteiger charge is -2.23. The van der Waals surface area contributed by atoms with E-state index in [9.17, 15) is 4.79 Å². The molecule has 0 aromatic rings. The molecule has 2 N–H and O–H groups in total. The van der Waals surface area contributed by atoms with E-state index >= 15 is 0 Å². The molecule has 8 heteroatoms. The Bertz CT molecular complexity index is 464. The summed E-state index contributed by atoms with van der Waals surface area (Å²) in [6.07, 6.45) is 4.18. The highest BCUT2D eigenvalue weighted by molar-refractivity contribution is 14.0. The number of carbonyl (C=O) groups excluding carboxylic acids is 1. The van der Waals surface area contributed by atoms with E-state index in [1.54, 1.807) is 7.05 Å². The third-order valence-corrected chi connectivity index (χ3v) is 4.22. The number of halogens is 1. The van der Waals surface area contributed by atoms with Crippen LogP contribution in [0.2, 0.25) is 0 Å². The summed E-state index contributed by atoms with van der Waals surface area (Å²) in [7, 11) is 1.79. The second-order valence-corrected chi connectivity index (χ2v) is 7.92. The van der Waals surface area contributed by atoms with Gasteiger partial charge in [-0.1, -0.05) is 0 Å². The molecule has 0 bridgehead atoms. The van der Waals surface area contributed by atoms with Crippen molar-refractivity contribution in [2.45, 2.75) is 58.1 Å². The maximum absolute atomic E-state index is 11.9. The van der Waals surface area contributed by atoms with Gasteiger partial charge in [-0.2, -0.15) is 0 Å². The molecular weight excluding hydrogens is 447 g/mol. The largest absolute Gasteiger partial charge is 0.444 e. The van der Waals surface area contributed by atoms with Gasteiger partial charge in [0.15, 0.2) is 5.96 Å². The van der Waals surface area contributed by atoms with Crippen LogP contribution in [0.25, 0.3) is 0 Å². The summed E-state index contributed by atoms with van der Waals surface area (Å²) in [6, 6.07) is 0.0928. The van der Waals surface area contributed by atoms with Crippen LogP contribution in [-0.2, 0) is 9.47 Å². The molecule has 1 aliphatic carbocycles. The summed E-state index contributed by atoms with van der Waals surface area (Å²) in [5.74, 6) is 1.70. The summed E-state index contributed by atoms with van der Waals surface area (Å²) in [6.45, 7) is 9.78. The second kappa shape index (κ2) is 11.2. The number of nitrogens with zero attached hydrogens (tertiary/aromatic N) is 2. The molecule has 0 aromatic heterocycles. The van der Waals surface area contributed by atoms with Crippen molar-refractivity contribution in [3.8, 4) is 0 Å². The molecule has 2 aliphatic rings. The highest BCUT2D eigenvalue weighted by Gasteiger charge is 2.27. The molecule has 7 nitrogen and oxygen atoms in total. The van der Waals surface area contributed by atoms with Crippen molar-refractivity contribution in [3.05, 3.63) is 0 Å². The lowest BCUT2D eigenvalue weighted by Crippen LogP contribution is -2.44. The quantitative estimate of drug-likeness (QED) is 0.253. The van der Waals surface area contributed by atoms with E-state index < -0.39 is 5.60 Å². The van der Waals surface area contributed by atoms with Crippen molar-refractivity contribution in [2.24, 2.45) is 10.9 Å². The van der Waals surface area contributed by atoms with Crippen LogP contribution in [-0.4, -0.2) is 68.5 Å². The number of alkyl carbamates (subject to hydrolysis) is 1. The first kappa shape index (κ1) is 23.3. The van der Waals surface area contributed by atoms with Crippen LogP contribution >= 0.6 is 24.0 Å². The first-order valence-electron chi connectivity index (χ1n) is 9.40. The molecule has 1 aliphatic heterocycles. The van der Waals surface area contributed by atoms with E-state index in [0.29, 0.717) is 0 Å². The Hall–Kier alpha value is -0.770. The van der Waals surface area contributed by atoms with Gasteiger partial charge in [0.2, 0.25) is 0 Å². The Morgan fingerprint density at radius 3 is 2.62 bits per heavy atom. The summed E-state index contributed by atoms with van der Waals surface area (Å²) in [5.41, 5.74) is -0.471. The Kier molecular flexibility index (Phi) is 9.99. The molecule has 1 amide bonds. The van der Waals surface area contributed by atoms with Gasteiger partial charge in [0.25, 0.3) is 0 Å². The number of nitrogens with one attached hydrogen (secondary N) is 2. The third kappa shape index (κ3) is 9.25. The molecule has 0 radical (unpaired) electrons. The van der Waals surface area contributed by atoms with Crippen LogP contribution in [0.15, 0.2) is 4.99 Å². The Balaban J connectivity index is 0.00000338. The second-order valence-electron chi connectivity index (χ2n) is 7.92. The van der Waals surface area contributed by atoms with Gasteiger partial charge in [-0.3, -0.25) is 4.99 Å². The standard InChI is InChI=1S/C18H34N4O3.HI/c1-18(2,3)25-17(23)21-15-8-10-22(12-15)16(19-4)20-9-5-11-24-13-14-6-7-14;/h14-15H,5-13H2,1-4H3,(H,19,20)(H,21,23);1H. The Morgan fingerprint density at radius 2 is 2.00 bits per heavy atom. The minimum Gasteiger partial charge on any atom is -0.444 e. The van der Waals surface area contributed by atoms with E-state index in [0.717, 1.165) is 57.6 Å². The zero-order valence-electron chi connectivity index (χ0n) is 16.5. The molecule has 1 heterocycles. The fourth-order valence-corrected chi connectivity index (χ4v) is 2.79. The zero-order chi connectivity index (χ0) is 18.3. The lowest BCUT2D eigenvalue weighted by molar-refractivity contribution is 0.0507. The smallest absolute Gasteiger partial charge is 0.407 e. The summed E-state index contributed by atoms with van der Waals surface area (Å²) >= 11 is 0. The maximum atomic E-state index is 11.9. The zero-order valence-corrected chi connectivity index (χ0v) is 18.9. The van der Waals surface area contributed by atoms with Crippen LogP contribution in [0.1, 0.15) is 46.5 Å². The van der Waals surface area contributed by atoms with Crippen molar-refractivity contribution < 1.29 is 14.3 Å². The van der Waals surface area contributed by atoms with Gasteiger partial charge in [0.05, 0.1) is 6.04 Å². The Morgan fingerprint density at radius 1 is 1.27 bits per heavy atom. The molecule has 2 rings (SSSR count). The summed E-state index contributed by atoms with van der Waals surface area (Å²) in [5, 5.41) is 6.32. The van der Waals surface area contributed by atoms with Crippen LogP contribution in [0, 0.1) is 5.92 Å². The first-order chi connectivity index (χ1) is 11.9. The molecule has 1 saturated heterocycles. The number of hydrogen-bond donors (Lipinski definition) is 2. The first-order valence-corrected chi connectivity index (χ1v) is 9.40. The highest BCUT2D eigenvalue weighted by atomic mass is 127. The van der Waals surface area contributed by atoms with Gasteiger partial charge >= 0.3 is 6.09 Å².